The van der Waals surface area contributed by atoms with Crippen molar-refractivity contribution in [1.82, 2.24) is 0 Å². The zero-order valence-corrected chi connectivity index (χ0v) is 10.9. The molecule has 0 rings (SSSR count). The van der Waals surface area contributed by atoms with Crippen molar-refractivity contribution < 1.29 is 44.0 Å². The Kier molecular flexibility index (Phi) is 7.61. The van der Waals surface area contributed by atoms with Crippen LogP contribution in [0.15, 0.2) is 0 Å². The van der Waals surface area contributed by atoms with Gasteiger partial charge in [-0.1, -0.05) is 0 Å². The van der Waals surface area contributed by atoms with Crippen LogP contribution in [0.25, 0.3) is 0 Å². The molecule has 0 radical (unpaired) electrons. The van der Waals surface area contributed by atoms with Gasteiger partial charge in [0.05, 0.1) is 18.8 Å². The Morgan fingerprint density at radius 1 is 0.905 bits per heavy atom. The minimum absolute atomic E-state index is 0.251. The molecular weight excluding hydrogens is 290 g/mol. The van der Waals surface area contributed by atoms with Crippen LogP contribution >= 0.6 is 0 Å². The molecule has 0 saturated carbocycles. The lowest BCUT2D eigenvalue weighted by atomic mass is 10.0. The van der Waals surface area contributed by atoms with E-state index < -0.39 is 61.1 Å². The van der Waals surface area contributed by atoms with E-state index in [1.165, 1.54) is 0 Å². The summed E-state index contributed by atoms with van der Waals surface area (Å²) in [5.74, 6) is -8.00. The largest absolute Gasteiger partial charge is 0.481 e. The molecule has 5 N–H and O–H groups in total. The summed E-state index contributed by atoms with van der Waals surface area (Å²) in [7, 11) is 0. The van der Waals surface area contributed by atoms with Gasteiger partial charge in [-0.15, -0.1) is 0 Å². The molecule has 0 amide bonds. The van der Waals surface area contributed by atoms with Crippen molar-refractivity contribution in [3.63, 3.8) is 0 Å². The second kappa shape index (κ2) is 8.64. The summed E-state index contributed by atoms with van der Waals surface area (Å²) >= 11 is 0. The summed E-state index contributed by atoms with van der Waals surface area (Å²) < 4.78 is 4.26. The maximum atomic E-state index is 11.3. The van der Waals surface area contributed by atoms with Crippen LogP contribution in [0.3, 0.4) is 0 Å². The van der Waals surface area contributed by atoms with Crippen molar-refractivity contribution >= 4 is 29.8 Å². The van der Waals surface area contributed by atoms with Gasteiger partial charge in [0.1, 0.15) is 6.04 Å². The number of hydrogen-bond donors (Lipinski definition) is 4. The third kappa shape index (κ3) is 8.31. The minimum atomic E-state index is -1.51. The van der Waals surface area contributed by atoms with Crippen molar-refractivity contribution in [2.45, 2.75) is 31.7 Å². The third-order valence-corrected chi connectivity index (χ3v) is 2.39. The number of carbonyl (C=O) groups excluding carboxylic acids is 2. The Hall–Kier alpha value is -2.49. The smallest absolute Gasteiger partial charge is 0.320 e. The van der Waals surface area contributed by atoms with Gasteiger partial charge in [0.25, 0.3) is 0 Å². The van der Waals surface area contributed by atoms with Crippen LogP contribution in [0.2, 0.25) is 0 Å². The highest BCUT2D eigenvalue weighted by molar-refractivity contribution is 5.89. The molecule has 0 aromatic heterocycles. The fourth-order valence-electron chi connectivity index (χ4n) is 1.28. The van der Waals surface area contributed by atoms with Crippen LogP contribution in [0, 0.1) is 5.92 Å². The topological polar surface area (TPSA) is 181 Å². The standard InChI is InChI=1S/C11H15NO9/c12-6(11(19)20)1-2-8(15)21-9(16)4-5(10(17)18)3-7(13)14/h5-6H,1-4,12H2,(H,13,14)(H,17,18)(H,19,20)/t5?,6-/m0/s1. The molecule has 0 bridgehead atoms. The predicted molar refractivity (Wildman–Crippen MR) is 63.9 cm³/mol. The first-order valence-corrected chi connectivity index (χ1v) is 5.80. The van der Waals surface area contributed by atoms with Crippen molar-refractivity contribution in [2.75, 3.05) is 0 Å². The van der Waals surface area contributed by atoms with Crippen LogP contribution in [-0.4, -0.2) is 51.2 Å². The SMILES string of the molecule is N[C@@H](CCC(=O)OC(=O)CC(CC(=O)O)C(=O)O)C(=O)O. The van der Waals surface area contributed by atoms with Gasteiger partial charge in [0.15, 0.2) is 0 Å². The number of carbonyl (C=O) groups is 5. The number of esters is 2. The number of nitrogens with two attached hydrogens (primary N) is 1. The summed E-state index contributed by atoms with van der Waals surface area (Å²) in [6.45, 7) is 0. The molecule has 0 aromatic carbocycles. The van der Waals surface area contributed by atoms with E-state index in [0.717, 1.165) is 0 Å². The van der Waals surface area contributed by atoms with Gasteiger partial charge in [-0.25, -0.2) is 0 Å². The van der Waals surface area contributed by atoms with Crippen molar-refractivity contribution in [3.8, 4) is 0 Å². The number of hydrogen-bond acceptors (Lipinski definition) is 7. The van der Waals surface area contributed by atoms with Crippen LogP contribution in [0.4, 0.5) is 0 Å². The zero-order chi connectivity index (χ0) is 16.6. The van der Waals surface area contributed by atoms with E-state index in [2.05, 4.69) is 4.74 Å². The van der Waals surface area contributed by atoms with E-state index >= 15 is 0 Å². The molecule has 0 aliphatic heterocycles. The molecule has 0 fully saturated rings. The molecule has 0 aliphatic rings. The zero-order valence-electron chi connectivity index (χ0n) is 10.9. The summed E-state index contributed by atoms with van der Waals surface area (Å²) in [5, 5.41) is 25.7. The van der Waals surface area contributed by atoms with Crippen molar-refractivity contribution in [3.05, 3.63) is 0 Å². The van der Waals surface area contributed by atoms with Crippen LogP contribution < -0.4 is 5.73 Å². The fourth-order valence-corrected chi connectivity index (χ4v) is 1.28. The van der Waals surface area contributed by atoms with Crippen LogP contribution in [-0.2, 0) is 28.7 Å². The van der Waals surface area contributed by atoms with Crippen LogP contribution in [0.5, 0.6) is 0 Å². The predicted octanol–water partition coefficient (Wildman–Crippen LogP) is -1.19. The van der Waals surface area contributed by atoms with Gasteiger partial charge in [0.2, 0.25) is 0 Å². The number of aliphatic carboxylic acids is 3. The number of rotatable bonds is 9. The Bertz CT molecular complexity index is 445. The van der Waals surface area contributed by atoms with E-state index in [9.17, 15) is 24.0 Å². The Balaban J connectivity index is 4.28. The lowest BCUT2D eigenvalue weighted by Crippen LogP contribution is -2.31. The highest BCUT2D eigenvalue weighted by Gasteiger charge is 2.26. The molecule has 0 saturated heterocycles. The first-order chi connectivity index (χ1) is 9.63. The Morgan fingerprint density at radius 2 is 1.48 bits per heavy atom. The fraction of sp³-hybridized carbons (Fsp3) is 0.545. The summed E-state index contributed by atoms with van der Waals surface area (Å²) in [6.07, 6.45) is -2.25. The van der Waals surface area contributed by atoms with Gasteiger partial charge >= 0.3 is 29.8 Å². The second-order valence-electron chi connectivity index (χ2n) is 4.17. The first kappa shape index (κ1) is 18.5. The average molecular weight is 305 g/mol. The first-order valence-electron chi connectivity index (χ1n) is 5.80. The Morgan fingerprint density at radius 3 is 1.90 bits per heavy atom. The van der Waals surface area contributed by atoms with E-state index in [1.54, 1.807) is 0 Å². The maximum absolute atomic E-state index is 11.3. The second-order valence-corrected chi connectivity index (χ2v) is 4.17. The lowest BCUT2D eigenvalue weighted by Gasteiger charge is -2.09. The summed E-state index contributed by atoms with van der Waals surface area (Å²) in [4.78, 5) is 54.0. The van der Waals surface area contributed by atoms with Gasteiger partial charge in [-0.3, -0.25) is 24.0 Å². The monoisotopic (exact) mass is 305 g/mol. The van der Waals surface area contributed by atoms with Crippen molar-refractivity contribution in [1.29, 1.82) is 0 Å². The van der Waals surface area contributed by atoms with Gasteiger partial charge in [-0.05, 0) is 6.42 Å². The molecule has 10 heteroatoms. The third-order valence-electron chi connectivity index (χ3n) is 2.39. The van der Waals surface area contributed by atoms with Gasteiger partial charge < -0.3 is 25.8 Å². The average Bonchev–Trinajstić information content (AvgIpc) is 2.34. The number of ether oxygens (including phenoxy) is 1. The van der Waals surface area contributed by atoms with Gasteiger partial charge in [0, 0.05) is 6.42 Å². The molecule has 2 atom stereocenters. The molecule has 0 aromatic rings. The maximum Gasteiger partial charge on any atom is 0.320 e. The highest BCUT2D eigenvalue weighted by atomic mass is 16.6. The minimum Gasteiger partial charge on any atom is -0.481 e. The molecule has 0 spiro atoms. The summed E-state index contributed by atoms with van der Waals surface area (Å²) in [6, 6.07) is -1.29. The summed E-state index contributed by atoms with van der Waals surface area (Å²) in [5.41, 5.74) is 5.14. The van der Waals surface area contributed by atoms with Crippen LogP contribution in [0.1, 0.15) is 25.7 Å². The van der Waals surface area contributed by atoms with Crippen molar-refractivity contribution in [2.24, 2.45) is 11.7 Å². The van der Waals surface area contributed by atoms with E-state index in [1.807, 2.05) is 0 Å². The van der Waals surface area contributed by atoms with E-state index in [0.29, 0.717) is 0 Å². The normalized spacial score (nSPS) is 13.0. The van der Waals surface area contributed by atoms with Gasteiger partial charge in [-0.2, -0.15) is 0 Å². The van der Waals surface area contributed by atoms with E-state index in [-0.39, 0.29) is 6.42 Å². The molecule has 0 aliphatic carbocycles. The highest BCUT2D eigenvalue weighted by Crippen LogP contribution is 2.11. The quantitative estimate of drug-likeness (QED) is 0.298. The number of carboxylic acids is 3. The molecule has 1 unspecified atom stereocenters. The molecule has 10 nitrogen and oxygen atoms in total. The van der Waals surface area contributed by atoms with E-state index in [4.69, 9.17) is 21.1 Å². The molecule has 0 heterocycles. The molecule has 21 heavy (non-hydrogen) atoms. The molecular formula is C11H15NO9. The lowest BCUT2D eigenvalue weighted by molar-refractivity contribution is -0.163. The number of carboxylic acid groups (broad SMARTS) is 3. The Labute approximate surface area is 118 Å². The molecule has 118 valence electrons.